The minimum absolute atomic E-state index is 0.153. The molecule has 2 heterocycles. The van der Waals surface area contributed by atoms with Gasteiger partial charge in [0.15, 0.2) is 5.82 Å². The van der Waals surface area contributed by atoms with Gasteiger partial charge in [0, 0.05) is 11.6 Å². The van der Waals surface area contributed by atoms with Crippen LogP contribution in [-0.4, -0.2) is 30.0 Å². The number of hydrogen-bond donors (Lipinski definition) is 1. The zero-order valence-corrected chi connectivity index (χ0v) is 15.1. The van der Waals surface area contributed by atoms with Crippen molar-refractivity contribution in [3.05, 3.63) is 71.0 Å². The minimum Gasteiger partial charge on any atom is -0.495 e. The number of rotatable bonds is 4. The average molecular weight is 377 g/mol. The van der Waals surface area contributed by atoms with E-state index in [2.05, 4.69) is 10.5 Å². The molecule has 0 aliphatic carbocycles. The number of hydrogen-bond acceptors (Lipinski definition) is 6. The first kappa shape index (κ1) is 17.5. The van der Waals surface area contributed by atoms with Gasteiger partial charge in [-0.1, -0.05) is 17.3 Å². The van der Waals surface area contributed by atoms with Crippen molar-refractivity contribution >= 4 is 29.2 Å². The maximum Gasteiger partial charge on any atom is 0.266 e. The highest BCUT2D eigenvalue weighted by Gasteiger charge is 2.38. The summed E-state index contributed by atoms with van der Waals surface area (Å²) in [6.45, 7) is 1.70. The number of aromatic nitrogens is 1. The quantitative estimate of drug-likeness (QED) is 0.701. The number of benzene rings is 2. The van der Waals surface area contributed by atoms with Crippen LogP contribution in [0, 0.1) is 6.92 Å². The van der Waals surface area contributed by atoms with Crippen LogP contribution in [0.15, 0.2) is 53.1 Å². The summed E-state index contributed by atoms with van der Waals surface area (Å²) in [7, 11) is 1.46. The van der Waals surface area contributed by atoms with Crippen LogP contribution in [-0.2, 0) is 0 Å². The molecule has 0 radical (unpaired) electrons. The summed E-state index contributed by atoms with van der Waals surface area (Å²) in [6, 6.07) is 12.7. The Morgan fingerprint density at radius 1 is 1.07 bits per heavy atom. The lowest BCUT2D eigenvalue weighted by molar-refractivity contribution is 0.0924. The molecule has 2 aromatic carbocycles. The van der Waals surface area contributed by atoms with Crippen LogP contribution in [0.1, 0.15) is 36.8 Å². The summed E-state index contributed by atoms with van der Waals surface area (Å²) in [6.07, 6.45) is 0. The molecule has 4 rings (SSSR count). The fourth-order valence-corrected chi connectivity index (χ4v) is 3.03. The van der Waals surface area contributed by atoms with E-state index in [0.29, 0.717) is 17.2 Å². The predicted octanol–water partition coefficient (Wildman–Crippen LogP) is 3.04. The molecule has 140 valence electrons. The van der Waals surface area contributed by atoms with Crippen molar-refractivity contribution in [2.75, 3.05) is 17.3 Å². The van der Waals surface area contributed by atoms with Gasteiger partial charge in [0.2, 0.25) is 0 Å². The molecule has 3 aromatic rings. The molecule has 28 heavy (non-hydrogen) atoms. The van der Waals surface area contributed by atoms with Gasteiger partial charge in [0.1, 0.15) is 11.5 Å². The molecule has 0 saturated heterocycles. The topological polar surface area (TPSA) is 102 Å². The highest BCUT2D eigenvalue weighted by Crippen LogP contribution is 2.34. The summed E-state index contributed by atoms with van der Waals surface area (Å²) in [5.74, 6) is -0.234. The molecular formula is C20H15N3O5. The van der Waals surface area contributed by atoms with E-state index in [1.54, 1.807) is 37.3 Å². The first-order valence-corrected chi connectivity index (χ1v) is 8.40. The van der Waals surface area contributed by atoms with E-state index in [1.807, 2.05) is 0 Å². The van der Waals surface area contributed by atoms with E-state index in [-0.39, 0.29) is 22.5 Å². The molecule has 3 amide bonds. The Kier molecular flexibility index (Phi) is 4.15. The second-order valence-electron chi connectivity index (χ2n) is 6.15. The number of ether oxygens (including phenoxy) is 1. The SMILES string of the molecule is COc1ccccc1N1C(=O)c2ccc(C(=O)Nc3cc(C)on3)cc2C1=O. The summed E-state index contributed by atoms with van der Waals surface area (Å²) >= 11 is 0. The molecule has 0 unspecified atom stereocenters. The van der Waals surface area contributed by atoms with Gasteiger partial charge in [-0.3, -0.25) is 14.4 Å². The molecule has 0 bridgehead atoms. The smallest absolute Gasteiger partial charge is 0.266 e. The first-order valence-electron chi connectivity index (χ1n) is 8.40. The van der Waals surface area contributed by atoms with Gasteiger partial charge in [-0.05, 0) is 37.3 Å². The molecule has 1 aliphatic heterocycles. The number of aryl methyl sites for hydroxylation is 1. The van der Waals surface area contributed by atoms with Gasteiger partial charge in [-0.15, -0.1) is 0 Å². The fourth-order valence-electron chi connectivity index (χ4n) is 3.03. The van der Waals surface area contributed by atoms with Crippen LogP contribution < -0.4 is 15.0 Å². The van der Waals surface area contributed by atoms with E-state index in [4.69, 9.17) is 9.26 Å². The Labute approximate surface area is 159 Å². The molecule has 8 heteroatoms. The minimum atomic E-state index is -0.517. The van der Waals surface area contributed by atoms with Crippen molar-refractivity contribution < 1.29 is 23.6 Å². The van der Waals surface area contributed by atoms with Gasteiger partial charge in [0.05, 0.1) is 23.9 Å². The van der Waals surface area contributed by atoms with Crippen molar-refractivity contribution in [3.8, 4) is 5.75 Å². The summed E-state index contributed by atoms with van der Waals surface area (Å²) in [4.78, 5) is 39.2. The zero-order valence-electron chi connectivity index (χ0n) is 15.1. The third kappa shape index (κ3) is 2.81. The van der Waals surface area contributed by atoms with E-state index in [0.717, 1.165) is 4.90 Å². The molecule has 0 saturated carbocycles. The molecule has 8 nitrogen and oxygen atoms in total. The lowest BCUT2D eigenvalue weighted by atomic mass is 10.1. The fraction of sp³-hybridized carbons (Fsp3) is 0.100. The normalized spacial score (nSPS) is 12.9. The van der Waals surface area contributed by atoms with Crippen LogP contribution >= 0.6 is 0 Å². The number of fused-ring (bicyclic) bond motifs is 1. The second-order valence-corrected chi connectivity index (χ2v) is 6.15. The van der Waals surface area contributed by atoms with Crippen molar-refractivity contribution in [2.24, 2.45) is 0 Å². The van der Waals surface area contributed by atoms with Gasteiger partial charge < -0.3 is 14.6 Å². The van der Waals surface area contributed by atoms with Crippen molar-refractivity contribution in [2.45, 2.75) is 6.92 Å². The van der Waals surface area contributed by atoms with Crippen LogP contribution in [0.4, 0.5) is 11.5 Å². The monoisotopic (exact) mass is 377 g/mol. The Morgan fingerprint density at radius 2 is 1.82 bits per heavy atom. The van der Waals surface area contributed by atoms with Gasteiger partial charge in [-0.25, -0.2) is 4.90 Å². The van der Waals surface area contributed by atoms with Crippen LogP contribution in [0.2, 0.25) is 0 Å². The third-order valence-electron chi connectivity index (χ3n) is 4.34. The van der Waals surface area contributed by atoms with E-state index < -0.39 is 17.7 Å². The lowest BCUT2D eigenvalue weighted by Crippen LogP contribution is -2.29. The maximum absolute atomic E-state index is 12.9. The number of carbonyl (C=O) groups is 3. The van der Waals surface area contributed by atoms with Crippen LogP contribution in [0.5, 0.6) is 5.75 Å². The number of anilines is 2. The van der Waals surface area contributed by atoms with Gasteiger partial charge in [-0.2, -0.15) is 0 Å². The van der Waals surface area contributed by atoms with Crippen molar-refractivity contribution in [3.63, 3.8) is 0 Å². The van der Waals surface area contributed by atoms with E-state index >= 15 is 0 Å². The standard InChI is InChI=1S/C20H15N3O5/c1-11-9-17(22-28-11)21-18(24)12-7-8-13-14(10-12)20(26)23(19(13)25)15-5-3-4-6-16(15)27-2/h3-10H,1-2H3,(H,21,22,24). The molecule has 1 aliphatic rings. The Balaban J connectivity index is 1.66. The maximum atomic E-state index is 12.9. The van der Waals surface area contributed by atoms with Crippen LogP contribution in [0.25, 0.3) is 0 Å². The summed E-state index contributed by atoms with van der Waals surface area (Å²) < 4.78 is 10.2. The summed E-state index contributed by atoms with van der Waals surface area (Å²) in [5.41, 5.74) is 0.951. The molecule has 0 atom stereocenters. The van der Waals surface area contributed by atoms with Crippen molar-refractivity contribution in [1.82, 2.24) is 5.16 Å². The molecule has 1 N–H and O–H groups in total. The number of methoxy groups -OCH3 is 1. The number of carbonyl (C=O) groups excluding carboxylic acids is 3. The molecule has 1 aromatic heterocycles. The first-order chi connectivity index (χ1) is 13.5. The number of para-hydroxylation sites is 2. The molecule has 0 spiro atoms. The van der Waals surface area contributed by atoms with E-state index in [1.165, 1.54) is 25.3 Å². The number of imide groups is 1. The van der Waals surface area contributed by atoms with Gasteiger partial charge >= 0.3 is 0 Å². The highest BCUT2D eigenvalue weighted by atomic mass is 16.5. The lowest BCUT2D eigenvalue weighted by Gasteiger charge is -2.16. The molecular weight excluding hydrogens is 362 g/mol. The number of nitrogens with zero attached hydrogens (tertiary/aromatic N) is 2. The highest BCUT2D eigenvalue weighted by molar-refractivity contribution is 6.35. The summed E-state index contributed by atoms with van der Waals surface area (Å²) in [5, 5.41) is 6.29. The number of amides is 3. The Bertz CT molecular complexity index is 1120. The van der Waals surface area contributed by atoms with E-state index in [9.17, 15) is 14.4 Å². The predicted molar refractivity (Wildman–Crippen MR) is 99.8 cm³/mol. The average Bonchev–Trinajstić information content (AvgIpc) is 3.22. The Hall–Kier alpha value is -3.94. The van der Waals surface area contributed by atoms with Crippen molar-refractivity contribution in [1.29, 1.82) is 0 Å². The number of nitrogens with one attached hydrogen (secondary N) is 1. The zero-order chi connectivity index (χ0) is 19.8. The second kappa shape index (κ2) is 6.66. The largest absolute Gasteiger partial charge is 0.495 e. The molecule has 0 fully saturated rings. The third-order valence-corrected chi connectivity index (χ3v) is 4.34. The Morgan fingerprint density at radius 3 is 2.54 bits per heavy atom. The van der Waals surface area contributed by atoms with Crippen LogP contribution in [0.3, 0.4) is 0 Å². The van der Waals surface area contributed by atoms with Gasteiger partial charge in [0.25, 0.3) is 17.7 Å².